The summed E-state index contributed by atoms with van der Waals surface area (Å²) in [4.78, 5) is 21.7. The summed E-state index contributed by atoms with van der Waals surface area (Å²) >= 11 is 0. The van der Waals surface area contributed by atoms with Crippen LogP contribution in [0.1, 0.15) is 10.4 Å². The van der Waals surface area contributed by atoms with Gasteiger partial charge in [-0.05, 0) is 18.2 Å². The van der Waals surface area contributed by atoms with Crippen molar-refractivity contribution in [3.05, 3.63) is 58.1 Å². The minimum absolute atomic E-state index is 0.0664. The van der Waals surface area contributed by atoms with Crippen LogP contribution in [-0.2, 0) is 0 Å². The molecule has 2 aromatic rings. The summed E-state index contributed by atoms with van der Waals surface area (Å²) in [6.45, 7) is 0. The highest BCUT2D eigenvalue weighted by Gasteiger charge is 2.21. The summed E-state index contributed by atoms with van der Waals surface area (Å²) in [6, 6.07) is 10.6. The number of carbonyl (C=O) groups is 1. The smallest absolute Gasteiger partial charge is 0.338 e. The number of carboxylic acids is 1. The predicted octanol–water partition coefficient (Wildman–Crippen LogP) is 3.05. The van der Waals surface area contributed by atoms with Crippen LogP contribution in [0.5, 0.6) is 5.75 Å². The molecule has 0 fully saturated rings. The van der Waals surface area contributed by atoms with Crippen LogP contribution in [0.4, 0.5) is 17.1 Å². The van der Waals surface area contributed by atoms with E-state index in [0.717, 1.165) is 0 Å². The SMILES string of the molecule is COc1cccc(Nc2c(C(=O)O)cccc2[N+](=O)[O-])c1. The topological polar surface area (TPSA) is 102 Å². The Labute approximate surface area is 119 Å². The number of anilines is 2. The third kappa shape index (κ3) is 3.08. The van der Waals surface area contributed by atoms with Crippen LogP contribution < -0.4 is 10.1 Å². The molecule has 0 unspecified atom stereocenters. The van der Waals surface area contributed by atoms with E-state index in [9.17, 15) is 14.9 Å². The van der Waals surface area contributed by atoms with E-state index in [-0.39, 0.29) is 16.9 Å². The molecule has 108 valence electrons. The standard InChI is InChI=1S/C14H12N2O5/c1-21-10-5-2-4-9(8-10)15-13-11(14(17)18)6-3-7-12(13)16(19)20/h2-8,15H,1H3,(H,17,18). The molecule has 2 N–H and O–H groups in total. The molecule has 2 aromatic carbocycles. The van der Waals surface area contributed by atoms with Crippen molar-refractivity contribution in [3.8, 4) is 5.75 Å². The van der Waals surface area contributed by atoms with Crippen molar-refractivity contribution in [1.82, 2.24) is 0 Å². The average molecular weight is 288 g/mol. The Hall–Kier alpha value is -3.09. The second-order valence-corrected chi connectivity index (χ2v) is 4.12. The number of nitrogens with zero attached hydrogens (tertiary/aromatic N) is 1. The normalized spacial score (nSPS) is 9.95. The van der Waals surface area contributed by atoms with E-state index in [1.165, 1.54) is 25.3 Å². The molecule has 0 bridgehead atoms. The maximum absolute atomic E-state index is 11.2. The molecule has 0 aliphatic carbocycles. The number of nitro groups is 1. The summed E-state index contributed by atoms with van der Waals surface area (Å²) in [5.41, 5.74) is -0.0563. The molecule has 7 nitrogen and oxygen atoms in total. The van der Waals surface area contributed by atoms with Crippen LogP contribution in [-0.4, -0.2) is 23.1 Å². The Balaban J connectivity index is 2.50. The molecular formula is C14H12N2O5. The van der Waals surface area contributed by atoms with Crippen LogP contribution in [0.15, 0.2) is 42.5 Å². The van der Waals surface area contributed by atoms with E-state index < -0.39 is 10.9 Å². The molecular weight excluding hydrogens is 276 g/mol. The number of nitrogens with one attached hydrogen (secondary N) is 1. The van der Waals surface area contributed by atoms with Gasteiger partial charge in [-0.25, -0.2) is 4.79 Å². The zero-order valence-electron chi connectivity index (χ0n) is 11.1. The Bertz CT molecular complexity index is 667. The molecule has 0 heterocycles. The third-order valence-corrected chi connectivity index (χ3v) is 2.81. The fourth-order valence-corrected chi connectivity index (χ4v) is 1.85. The number of methoxy groups -OCH3 is 1. The highest BCUT2D eigenvalue weighted by Crippen LogP contribution is 2.32. The number of ether oxygens (including phenoxy) is 1. The largest absolute Gasteiger partial charge is 0.497 e. The number of hydrogen-bond acceptors (Lipinski definition) is 5. The number of rotatable bonds is 5. The monoisotopic (exact) mass is 288 g/mol. The fraction of sp³-hybridized carbons (Fsp3) is 0.0714. The van der Waals surface area contributed by atoms with Crippen LogP contribution in [0.25, 0.3) is 0 Å². The Morgan fingerprint density at radius 3 is 2.62 bits per heavy atom. The molecule has 0 aliphatic rings. The Morgan fingerprint density at radius 2 is 2.00 bits per heavy atom. The number of carboxylic acid groups (broad SMARTS) is 1. The molecule has 21 heavy (non-hydrogen) atoms. The summed E-state index contributed by atoms with van der Waals surface area (Å²) in [7, 11) is 1.49. The van der Waals surface area contributed by atoms with Crippen LogP contribution >= 0.6 is 0 Å². The maximum Gasteiger partial charge on any atom is 0.338 e. The lowest BCUT2D eigenvalue weighted by molar-refractivity contribution is -0.383. The van der Waals surface area contributed by atoms with Gasteiger partial charge in [0.25, 0.3) is 5.69 Å². The molecule has 0 radical (unpaired) electrons. The lowest BCUT2D eigenvalue weighted by Gasteiger charge is -2.11. The summed E-state index contributed by atoms with van der Waals surface area (Å²) in [6.07, 6.45) is 0. The van der Waals surface area contributed by atoms with Crippen LogP contribution in [0.2, 0.25) is 0 Å². The van der Waals surface area contributed by atoms with Gasteiger partial charge in [0.2, 0.25) is 0 Å². The summed E-state index contributed by atoms with van der Waals surface area (Å²) in [5, 5.41) is 23.0. The second-order valence-electron chi connectivity index (χ2n) is 4.12. The number of benzene rings is 2. The first kappa shape index (κ1) is 14.3. The molecule has 0 aromatic heterocycles. The van der Waals surface area contributed by atoms with Crippen LogP contribution in [0, 0.1) is 10.1 Å². The third-order valence-electron chi connectivity index (χ3n) is 2.81. The molecule has 0 atom stereocenters. The average Bonchev–Trinajstić information content (AvgIpc) is 2.47. The van der Waals surface area contributed by atoms with Gasteiger partial charge in [0.1, 0.15) is 11.4 Å². The van der Waals surface area contributed by atoms with Crippen LogP contribution in [0.3, 0.4) is 0 Å². The molecule has 0 amide bonds. The number of aromatic carboxylic acids is 1. The molecule has 7 heteroatoms. The quantitative estimate of drug-likeness (QED) is 0.647. The Kier molecular flexibility index (Phi) is 4.03. The van der Waals surface area contributed by atoms with E-state index in [1.807, 2.05) is 0 Å². The van der Waals surface area contributed by atoms with Gasteiger partial charge in [-0.2, -0.15) is 0 Å². The Morgan fingerprint density at radius 1 is 1.29 bits per heavy atom. The molecule has 0 saturated carbocycles. The zero-order valence-corrected chi connectivity index (χ0v) is 11.1. The number of para-hydroxylation sites is 1. The zero-order chi connectivity index (χ0) is 15.4. The molecule has 0 spiro atoms. The van der Waals surface area contributed by atoms with Crippen molar-refractivity contribution in [2.45, 2.75) is 0 Å². The van der Waals surface area contributed by atoms with Gasteiger partial charge >= 0.3 is 5.97 Å². The fourth-order valence-electron chi connectivity index (χ4n) is 1.85. The van der Waals surface area contributed by atoms with Crippen molar-refractivity contribution in [2.75, 3.05) is 12.4 Å². The van der Waals surface area contributed by atoms with Gasteiger partial charge in [0.05, 0.1) is 17.6 Å². The summed E-state index contributed by atoms with van der Waals surface area (Å²) < 4.78 is 5.06. The highest BCUT2D eigenvalue weighted by atomic mass is 16.6. The van der Waals surface area contributed by atoms with Gasteiger partial charge in [0.15, 0.2) is 0 Å². The van der Waals surface area contributed by atoms with Gasteiger partial charge in [-0.15, -0.1) is 0 Å². The van der Waals surface area contributed by atoms with E-state index in [4.69, 9.17) is 9.84 Å². The second kappa shape index (κ2) is 5.91. The van der Waals surface area contributed by atoms with Crippen molar-refractivity contribution in [3.63, 3.8) is 0 Å². The first-order valence-corrected chi connectivity index (χ1v) is 5.94. The van der Waals surface area contributed by atoms with Gasteiger partial charge < -0.3 is 15.2 Å². The van der Waals surface area contributed by atoms with Crippen molar-refractivity contribution < 1.29 is 19.6 Å². The first-order chi connectivity index (χ1) is 10.0. The van der Waals surface area contributed by atoms with Gasteiger partial charge in [-0.3, -0.25) is 10.1 Å². The summed E-state index contributed by atoms with van der Waals surface area (Å²) in [5.74, 6) is -0.695. The highest BCUT2D eigenvalue weighted by molar-refractivity contribution is 5.98. The molecule has 0 saturated heterocycles. The van der Waals surface area contributed by atoms with Crippen molar-refractivity contribution >= 4 is 23.0 Å². The first-order valence-electron chi connectivity index (χ1n) is 5.94. The minimum Gasteiger partial charge on any atom is -0.497 e. The predicted molar refractivity (Wildman–Crippen MR) is 76.3 cm³/mol. The maximum atomic E-state index is 11.2. The number of hydrogen-bond donors (Lipinski definition) is 2. The van der Waals surface area contributed by atoms with Gasteiger partial charge in [0, 0.05) is 17.8 Å². The minimum atomic E-state index is -1.25. The molecule has 2 rings (SSSR count). The lowest BCUT2D eigenvalue weighted by atomic mass is 10.1. The van der Waals surface area contributed by atoms with E-state index >= 15 is 0 Å². The van der Waals surface area contributed by atoms with Gasteiger partial charge in [-0.1, -0.05) is 12.1 Å². The van der Waals surface area contributed by atoms with E-state index in [0.29, 0.717) is 11.4 Å². The molecule has 0 aliphatic heterocycles. The van der Waals surface area contributed by atoms with Crippen molar-refractivity contribution in [1.29, 1.82) is 0 Å². The van der Waals surface area contributed by atoms with E-state index in [1.54, 1.807) is 24.3 Å². The van der Waals surface area contributed by atoms with E-state index in [2.05, 4.69) is 5.32 Å². The van der Waals surface area contributed by atoms with Crippen molar-refractivity contribution in [2.24, 2.45) is 0 Å². The lowest BCUT2D eigenvalue weighted by Crippen LogP contribution is -2.05. The number of nitro benzene ring substituents is 1.